The summed E-state index contributed by atoms with van der Waals surface area (Å²) in [4.78, 5) is 4.54. The van der Waals surface area contributed by atoms with Gasteiger partial charge in [-0.15, -0.1) is 0 Å². The van der Waals surface area contributed by atoms with Gasteiger partial charge in [0.25, 0.3) is 0 Å². The maximum Gasteiger partial charge on any atom is 0.191 e. The molecule has 0 spiro atoms. The Kier molecular flexibility index (Phi) is 10.1. The molecule has 0 aromatic heterocycles. The third-order valence-corrected chi connectivity index (χ3v) is 3.09. The van der Waals surface area contributed by atoms with E-state index in [1.165, 1.54) is 5.56 Å². The summed E-state index contributed by atoms with van der Waals surface area (Å²) in [5, 5.41) is 6.60. The van der Waals surface area contributed by atoms with Crippen molar-refractivity contribution in [1.82, 2.24) is 10.6 Å². The number of ether oxygens (including phenoxy) is 1. The van der Waals surface area contributed by atoms with Gasteiger partial charge >= 0.3 is 0 Å². The minimum atomic E-state index is 0.580. The van der Waals surface area contributed by atoms with Gasteiger partial charge in [-0.1, -0.05) is 44.2 Å². The summed E-state index contributed by atoms with van der Waals surface area (Å²) in [7, 11) is 0. The van der Waals surface area contributed by atoms with Crippen LogP contribution in [0.2, 0.25) is 0 Å². The van der Waals surface area contributed by atoms with E-state index in [2.05, 4.69) is 60.7 Å². The van der Waals surface area contributed by atoms with E-state index in [1.807, 2.05) is 6.07 Å². The lowest BCUT2D eigenvalue weighted by molar-refractivity contribution is 0.135. The predicted molar refractivity (Wildman–Crippen MR) is 94.4 cm³/mol. The predicted octanol–water partition coefficient (Wildman–Crippen LogP) is 2.85. The molecule has 0 amide bonds. The summed E-state index contributed by atoms with van der Waals surface area (Å²) in [6.45, 7) is 10.6. The molecular formula is C18H31N3O. The van der Waals surface area contributed by atoms with Gasteiger partial charge < -0.3 is 15.4 Å². The number of nitrogens with one attached hydrogen (secondary N) is 2. The number of hydrogen-bond acceptors (Lipinski definition) is 2. The molecule has 1 rings (SSSR count). The van der Waals surface area contributed by atoms with Gasteiger partial charge in [-0.25, -0.2) is 0 Å². The summed E-state index contributed by atoms with van der Waals surface area (Å²) in [5.41, 5.74) is 1.33. The standard InChI is InChI=1S/C18H31N3O/c1-4-19-18(21-15-16(2)3)20-12-8-13-22-14-11-17-9-6-5-7-10-17/h5-7,9-10,16H,4,8,11-15H2,1-3H3,(H2,19,20,21). The lowest BCUT2D eigenvalue weighted by atomic mass is 10.2. The molecule has 0 aliphatic rings. The van der Waals surface area contributed by atoms with E-state index in [-0.39, 0.29) is 0 Å². The van der Waals surface area contributed by atoms with Crippen LogP contribution in [-0.2, 0) is 11.2 Å². The molecule has 0 aliphatic carbocycles. The van der Waals surface area contributed by atoms with Gasteiger partial charge in [0.05, 0.1) is 6.61 Å². The second-order valence-corrected chi connectivity index (χ2v) is 5.74. The average molecular weight is 305 g/mol. The summed E-state index contributed by atoms with van der Waals surface area (Å²) >= 11 is 0. The van der Waals surface area contributed by atoms with Crippen LogP contribution in [0.1, 0.15) is 32.8 Å². The molecule has 0 fully saturated rings. The lowest BCUT2D eigenvalue weighted by Crippen LogP contribution is -2.38. The van der Waals surface area contributed by atoms with E-state index in [9.17, 15) is 0 Å². The Morgan fingerprint density at radius 3 is 2.59 bits per heavy atom. The number of rotatable bonds is 10. The summed E-state index contributed by atoms with van der Waals surface area (Å²) in [6, 6.07) is 10.5. The molecular weight excluding hydrogens is 274 g/mol. The Hall–Kier alpha value is -1.55. The van der Waals surface area contributed by atoms with Crippen molar-refractivity contribution in [2.75, 3.05) is 32.8 Å². The molecule has 124 valence electrons. The van der Waals surface area contributed by atoms with E-state index in [0.717, 1.165) is 51.6 Å². The molecule has 4 nitrogen and oxygen atoms in total. The molecule has 2 N–H and O–H groups in total. The fourth-order valence-corrected chi connectivity index (χ4v) is 1.93. The fraction of sp³-hybridized carbons (Fsp3) is 0.611. The van der Waals surface area contributed by atoms with Crippen molar-refractivity contribution in [1.29, 1.82) is 0 Å². The van der Waals surface area contributed by atoms with E-state index >= 15 is 0 Å². The first-order chi connectivity index (χ1) is 10.7. The van der Waals surface area contributed by atoms with E-state index in [4.69, 9.17) is 4.74 Å². The molecule has 0 aliphatic heterocycles. The Labute approximate surface area is 135 Å². The maximum atomic E-state index is 5.68. The number of guanidine groups is 1. The first-order valence-corrected chi connectivity index (χ1v) is 8.36. The van der Waals surface area contributed by atoms with Crippen LogP contribution in [0, 0.1) is 5.92 Å². The maximum absolute atomic E-state index is 5.68. The van der Waals surface area contributed by atoms with Crippen molar-refractivity contribution in [2.45, 2.75) is 33.6 Å². The highest BCUT2D eigenvalue weighted by molar-refractivity contribution is 5.79. The molecule has 0 heterocycles. The monoisotopic (exact) mass is 305 g/mol. The molecule has 4 heteroatoms. The lowest BCUT2D eigenvalue weighted by Gasteiger charge is -2.12. The normalized spacial score (nSPS) is 11.7. The highest BCUT2D eigenvalue weighted by Gasteiger charge is 1.98. The number of aliphatic imine (C=N–C) groups is 1. The zero-order valence-corrected chi connectivity index (χ0v) is 14.3. The molecule has 22 heavy (non-hydrogen) atoms. The quantitative estimate of drug-likeness (QED) is 0.397. The molecule has 0 unspecified atom stereocenters. The van der Waals surface area contributed by atoms with Crippen LogP contribution >= 0.6 is 0 Å². The largest absolute Gasteiger partial charge is 0.381 e. The Bertz CT molecular complexity index is 404. The van der Waals surface area contributed by atoms with Gasteiger partial charge in [0.2, 0.25) is 0 Å². The van der Waals surface area contributed by atoms with Crippen LogP contribution in [0.3, 0.4) is 0 Å². The zero-order chi connectivity index (χ0) is 16.0. The van der Waals surface area contributed by atoms with Crippen LogP contribution in [0.4, 0.5) is 0 Å². The first kappa shape index (κ1) is 18.5. The first-order valence-electron chi connectivity index (χ1n) is 8.36. The van der Waals surface area contributed by atoms with E-state index < -0.39 is 0 Å². The third kappa shape index (κ3) is 9.40. The van der Waals surface area contributed by atoms with Gasteiger partial charge in [-0.05, 0) is 31.2 Å². The Morgan fingerprint density at radius 1 is 1.14 bits per heavy atom. The van der Waals surface area contributed by atoms with Crippen LogP contribution < -0.4 is 10.6 Å². The highest BCUT2D eigenvalue weighted by atomic mass is 16.5. The average Bonchev–Trinajstić information content (AvgIpc) is 2.52. The number of nitrogens with zero attached hydrogens (tertiary/aromatic N) is 1. The molecule has 0 bridgehead atoms. The minimum Gasteiger partial charge on any atom is -0.381 e. The molecule has 0 atom stereocenters. The summed E-state index contributed by atoms with van der Waals surface area (Å²) in [5.74, 6) is 1.48. The van der Waals surface area contributed by atoms with E-state index in [1.54, 1.807) is 0 Å². The molecule has 0 saturated carbocycles. The number of hydrogen-bond donors (Lipinski definition) is 2. The van der Waals surface area contributed by atoms with Crippen LogP contribution in [0.5, 0.6) is 0 Å². The second-order valence-electron chi connectivity index (χ2n) is 5.74. The third-order valence-electron chi connectivity index (χ3n) is 3.09. The van der Waals surface area contributed by atoms with Gasteiger partial charge in [-0.3, -0.25) is 4.99 Å². The van der Waals surface area contributed by atoms with Crippen molar-refractivity contribution in [2.24, 2.45) is 10.9 Å². The van der Waals surface area contributed by atoms with Crippen molar-refractivity contribution in [3.05, 3.63) is 35.9 Å². The molecule has 0 radical (unpaired) electrons. The van der Waals surface area contributed by atoms with Crippen molar-refractivity contribution in [3.8, 4) is 0 Å². The van der Waals surface area contributed by atoms with Crippen LogP contribution in [0.25, 0.3) is 0 Å². The molecule has 1 aromatic carbocycles. The Morgan fingerprint density at radius 2 is 1.91 bits per heavy atom. The second kappa shape index (κ2) is 12.0. The zero-order valence-electron chi connectivity index (χ0n) is 14.3. The fourth-order valence-electron chi connectivity index (χ4n) is 1.93. The van der Waals surface area contributed by atoms with Crippen LogP contribution in [0.15, 0.2) is 35.3 Å². The number of benzene rings is 1. The van der Waals surface area contributed by atoms with Crippen molar-refractivity contribution in [3.63, 3.8) is 0 Å². The van der Waals surface area contributed by atoms with E-state index in [0.29, 0.717) is 5.92 Å². The minimum absolute atomic E-state index is 0.580. The SMILES string of the molecule is CCNC(=NCC(C)C)NCCCOCCc1ccccc1. The van der Waals surface area contributed by atoms with Crippen molar-refractivity contribution < 1.29 is 4.74 Å². The van der Waals surface area contributed by atoms with Crippen molar-refractivity contribution >= 4 is 5.96 Å². The molecule has 1 aromatic rings. The van der Waals surface area contributed by atoms with Gasteiger partial charge in [-0.2, -0.15) is 0 Å². The van der Waals surface area contributed by atoms with Gasteiger partial charge in [0, 0.05) is 26.2 Å². The van der Waals surface area contributed by atoms with Gasteiger partial charge in [0.15, 0.2) is 5.96 Å². The summed E-state index contributed by atoms with van der Waals surface area (Å²) in [6.07, 6.45) is 1.97. The van der Waals surface area contributed by atoms with Crippen LogP contribution in [-0.4, -0.2) is 38.8 Å². The molecule has 0 saturated heterocycles. The summed E-state index contributed by atoms with van der Waals surface area (Å²) < 4.78 is 5.68. The Balaban J connectivity index is 2.06. The highest BCUT2D eigenvalue weighted by Crippen LogP contribution is 1.99. The topological polar surface area (TPSA) is 45.7 Å². The van der Waals surface area contributed by atoms with Gasteiger partial charge in [0.1, 0.15) is 0 Å². The smallest absolute Gasteiger partial charge is 0.191 e.